The average molecular weight is 329 g/mol. The summed E-state index contributed by atoms with van der Waals surface area (Å²) in [6.45, 7) is 3.23. The molecule has 2 unspecified atom stereocenters. The smallest absolute Gasteiger partial charge is 0.320 e. The fourth-order valence-electron chi connectivity index (χ4n) is 3.46. The first-order valence-electron chi connectivity index (χ1n) is 8.46. The van der Waals surface area contributed by atoms with Gasteiger partial charge >= 0.3 is 5.97 Å². The Bertz CT molecular complexity index is 668. The van der Waals surface area contributed by atoms with E-state index in [2.05, 4.69) is 0 Å². The highest BCUT2D eigenvalue weighted by Gasteiger charge is 2.37. The molecule has 1 aliphatic heterocycles. The molecule has 5 heteroatoms. The largest absolute Gasteiger partial charge is 0.494 e. The van der Waals surface area contributed by atoms with Crippen LogP contribution in [0.3, 0.4) is 0 Å². The van der Waals surface area contributed by atoms with Gasteiger partial charge in [-0.25, -0.2) is 0 Å². The van der Waals surface area contributed by atoms with Crippen molar-refractivity contribution in [1.82, 2.24) is 4.90 Å². The molecule has 128 valence electrons. The van der Waals surface area contributed by atoms with Gasteiger partial charge in [0, 0.05) is 12.1 Å². The van der Waals surface area contributed by atoms with Crippen LogP contribution in [0.5, 0.6) is 5.75 Å². The van der Waals surface area contributed by atoms with Crippen molar-refractivity contribution in [2.75, 3.05) is 13.2 Å². The van der Waals surface area contributed by atoms with Gasteiger partial charge in [-0.15, -0.1) is 0 Å². The van der Waals surface area contributed by atoms with Crippen LogP contribution in [0.4, 0.5) is 0 Å². The molecule has 2 heterocycles. The molecule has 0 aliphatic carbocycles. The second-order valence-electron chi connectivity index (χ2n) is 5.98. The lowest BCUT2D eigenvalue weighted by Gasteiger charge is -2.38. The number of para-hydroxylation sites is 1. The van der Waals surface area contributed by atoms with Gasteiger partial charge in [-0.2, -0.15) is 0 Å². The zero-order chi connectivity index (χ0) is 16.9. The summed E-state index contributed by atoms with van der Waals surface area (Å²) >= 11 is 0. The maximum atomic E-state index is 11.8. The topological polar surface area (TPSA) is 62.9 Å². The molecule has 0 radical (unpaired) electrons. The molecule has 1 aromatic heterocycles. The van der Waals surface area contributed by atoms with E-state index < -0.39 is 12.0 Å². The predicted octanol–water partition coefficient (Wildman–Crippen LogP) is 3.71. The van der Waals surface area contributed by atoms with Crippen LogP contribution >= 0.6 is 0 Å². The van der Waals surface area contributed by atoms with Crippen molar-refractivity contribution in [3.05, 3.63) is 54.0 Å². The number of carbonyl (C=O) groups is 1. The summed E-state index contributed by atoms with van der Waals surface area (Å²) < 4.78 is 11.5. The molecule has 3 rings (SSSR count). The number of nitrogens with zero attached hydrogens (tertiary/aromatic N) is 1. The van der Waals surface area contributed by atoms with Crippen LogP contribution in [0.1, 0.15) is 43.6 Å². The summed E-state index contributed by atoms with van der Waals surface area (Å²) in [7, 11) is 0. The molecular formula is C19H23NO4. The molecule has 0 saturated carbocycles. The van der Waals surface area contributed by atoms with Gasteiger partial charge in [-0.1, -0.05) is 24.6 Å². The molecular weight excluding hydrogens is 306 g/mol. The minimum Gasteiger partial charge on any atom is -0.494 e. The van der Waals surface area contributed by atoms with Gasteiger partial charge in [-0.3, -0.25) is 9.69 Å². The van der Waals surface area contributed by atoms with Crippen molar-refractivity contribution in [2.45, 2.75) is 38.3 Å². The summed E-state index contributed by atoms with van der Waals surface area (Å²) in [5.74, 6) is 0.742. The van der Waals surface area contributed by atoms with E-state index in [1.54, 1.807) is 6.26 Å². The third-order valence-corrected chi connectivity index (χ3v) is 4.49. The maximum Gasteiger partial charge on any atom is 0.320 e. The predicted molar refractivity (Wildman–Crippen MR) is 90.1 cm³/mol. The Hall–Kier alpha value is -2.27. The Morgan fingerprint density at radius 2 is 2.17 bits per heavy atom. The molecule has 2 atom stereocenters. The number of hydrogen-bond acceptors (Lipinski definition) is 4. The van der Waals surface area contributed by atoms with Crippen LogP contribution in [-0.4, -0.2) is 35.2 Å². The van der Waals surface area contributed by atoms with Crippen LogP contribution in [-0.2, 0) is 4.79 Å². The number of ether oxygens (including phenoxy) is 1. The van der Waals surface area contributed by atoms with E-state index in [9.17, 15) is 9.90 Å². The summed E-state index contributed by atoms with van der Waals surface area (Å²) in [5, 5.41) is 9.67. The van der Waals surface area contributed by atoms with Crippen molar-refractivity contribution < 1.29 is 19.1 Å². The quantitative estimate of drug-likeness (QED) is 0.875. The Morgan fingerprint density at radius 3 is 2.88 bits per heavy atom. The third-order valence-electron chi connectivity index (χ3n) is 4.49. The minimum atomic E-state index is -0.778. The third kappa shape index (κ3) is 3.31. The SMILES string of the molecule is CCOc1ccccc1C(c1ccco1)N1CCCCC1C(=O)O. The van der Waals surface area contributed by atoms with E-state index in [-0.39, 0.29) is 6.04 Å². The Kier molecular flexibility index (Phi) is 5.20. The van der Waals surface area contributed by atoms with Crippen molar-refractivity contribution in [2.24, 2.45) is 0 Å². The van der Waals surface area contributed by atoms with Crippen LogP contribution < -0.4 is 4.74 Å². The van der Waals surface area contributed by atoms with E-state index in [4.69, 9.17) is 9.15 Å². The number of likely N-dealkylation sites (tertiary alicyclic amines) is 1. The number of rotatable bonds is 6. The van der Waals surface area contributed by atoms with E-state index in [0.29, 0.717) is 13.0 Å². The number of furan rings is 1. The van der Waals surface area contributed by atoms with Gasteiger partial charge in [0.05, 0.1) is 18.9 Å². The lowest BCUT2D eigenvalue weighted by molar-refractivity contribution is -0.145. The molecule has 1 N–H and O–H groups in total. The molecule has 1 aliphatic rings. The van der Waals surface area contributed by atoms with Gasteiger partial charge in [0.25, 0.3) is 0 Å². The molecule has 24 heavy (non-hydrogen) atoms. The van der Waals surface area contributed by atoms with Crippen molar-refractivity contribution in [3.8, 4) is 5.75 Å². The fraction of sp³-hybridized carbons (Fsp3) is 0.421. The zero-order valence-electron chi connectivity index (χ0n) is 13.9. The second kappa shape index (κ2) is 7.53. The first-order chi connectivity index (χ1) is 11.7. The first kappa shape index (κ1) is 16.6. The van der Waals surface area contributed by atoms with E-state index in [1.165, 1.54) is 0 Å². The van der Waals surface area contributed by atoms with Crippen LogP contribution in [0.25, 0.3) is 0 Å². The fourth-order valence-corrected chi connectivity index (χ4v) is 3.46. The Labute approximate surface area is 141 Å². The van der Waals surface area contributed by atoms with Crippen LogP contribution in [0.2, 0.25) is 0 Å². The lowest BCUT2D eigenvalue weighted by atomic mass is 9.94. The average Bonchev–Trinajstić information content (AvgIpc) is 3.11. The van der Waals surface area contributed by atoms with Gasteiger partial charge in [0.2, 0.25) is 0 Å². The Balaban J connectivity index is 2.06. The van der Waals surface area contributed by atoms with Crippen molar-refractivity contribution >= 4 is 5.97 Å². The standard InChI is InChI=1S/C19H23NO4/c1-2-23-16-10-4-3-8-14(16)18(17-11-7-13-24-17)20-12-6-5-9-15(20)19(21)22/h3-4,7-8,10-11,13,15,18H,2,5-6,9,12H2,1H3,(H,21,22). The van der Waals surface area contributed by atoms with Crippen molar-refractivity contribution in [3.63, 3.8) is 0 Å². The van der Waals surface area contributed by atoms with Crippen LogP contribution in [0, 0.1) is 0 Å². The number of benzene rings is 1. The monoisotopic (exact) mass is 329 g/mol. The van der Waals surface area contributed by atoms with Crippen molar-refractivity contribution in [1.29, 1.82) is 0 Å². The molecule has 1 saturated heterocycles. The number of carboxylic acid groups (broad SMARTS) is 1. The lowest BCUT2D eigenvalue weighted by Crippen LogP contribution is -2.46. The maximum absolute atomic E-state index is 11.8. The Morgan fingerprint density at radius 1 is 1.33 bits per heavy atom. The highest BCUT2D eigenvalue weighted by Crippen LogP contribution is 2.38. The van der Waals surface area contributed by atoms with Crippen LogP contribution in [0.15, 0.2) is 47.1 Å². The second-order valence-corrected chi connectivity index (χ2v) is 5.98. The summed E-state index contributed by atoms with van der Waals surface area (Å²) in [4.78, 5) is 13.8. The van der Waals surface area contributed by atoms with Gasteiger partial charge in [0.1, 0.15) is 17.6 Å². The molecule has 0 bridgehead atoms. The molecule has 0 amide bonds. The molecule has 1 fully saturated rings. The van der Waals surface area contributed by atoms with E-state index in [1.807, 2.05) is 48.2 Å². The first-order valence-corrected chi connectivity index (χ1v) is 8.46. The molecule has 1 aromatic carbocycles. The number of piperidine rings is 1. The van der Waals surface area contributed by atoms with E-state index >= 15 is 0 Å². The molecule has 2 aromatic rings. The zero-order valence-corrected chi connectivity index (χ0v) is 13.9. The van der Waals surface area contributed by atoms with Gasteiger partial charge in [0.15, 0.2) is 0 Å². The highest BCUT2D eigenvalue weighted by atomic mass is 16.5. The van der Waals surface area contributed by atoms with E-state index in [0.717, 1.165) is 36.5 Å². The normalized spacial score (nSPS) is 19.8. The minimum absolute atomic E-state index is 0.260. The number of hydrogen-bond donors (Lipinski definition) is 1. The number of carboxylic acids is 1. The summed E-state index contributed by atoms with van der Waals surface area (Å²) in [5.41, 5.74) is 0.947. The van der Waals surface area contributed by atoms with Gasteiger partial charge in [-0.05, 0) is 38.0 Å². The summed E-state index contributed by atoms with van der Waals surface area (Å²) in [6, 6.07) is 10.8. The number of aliphatic carboxylic acids is 1. The summed E-state index contributed by atoms with van der Waals surface area (Å²) in [6.07, 6.45) is 4.21. The molecule has 0 spiro atoms. The molecule has 5 nitrogen and oxygen atoms in total. The van der Waals surface area contributed by atoms with Gasteiger partial charge < -0.3 is 14.3 Å². The highest BCUT2D eigenvalue weighted by molar-refractivity contribution is 5.73.